The molecule has 0 saturated carbocycles. The zero-order valence-electron chi connectivity index (χ0n) is 16.7. The van der Waals surface area contributed by atoms with Crippen LogP contribution in [0.25, 0.3) is 10.2 Å². The van der Waals surface area contributed by atoms with Crippen LogP contribution in [0, 0.1) is 0 Å². The van der Waals surface area contributed by atoms with Gasteiger partial charge in [0.15, 0.2) is 0 Å². The van der Waals surface area contributed by atoms with Gasteiger partial charge in [-0.3, -0.25) is 10.2 Å². The van der Waals surface area contributed by atoms with E-state index in [-0.39, 0.29) is 5.91 Å². The molecule has 4 rings (SSSR count). The molecular weight excluding hydrogens is 486 g/mol. The Morgan fingerprint density at radius 2 is 1.83 bits per heavy atom. The highest BCUT2D eigenvalue weighted by Gasteiger charge is 2.25. The van der Waals surface area contributed by atoms with E-state index in [1.165, 1.54) is 0 Å². The number of aromatic nitrogens is 1. The van der Waals surface area contributed by atoms with Crippen LogP contribution in [0.2, 0.25) is 5.02 Å². The molecule has 6 nitrogen and oxygen atoms in total. The molecule has 1 amide bonds. The van der Waals surface area contributed by atoms with Crippen molar-refractivity contribution in [2.45, 2.75) is 13.8 Å². The van der Waals surface area contributed by atoms with E-state index in [2.05, 4.69) is 31.4 Å². The first-order valence-electron chi connectivity index (χ1n) is 9.58. The quantitative estimate of drug-likeness (QED) is 0.376. The average molecular weight is 507 g/mol. The van der Waals surface area contributed by atoms with Crippen LogP contribution in [0.1, 0.15) is 24.2 Å². The fourth-order valence-corrected chi connectivity index (χ4v) is 4.72. The summed E-state index contributed by atoms with van der Waals surface area (Å²) in [7, 11) is 0. The maximum atomic E-state index is 12.8. The number of nitrogens with one attached hydrogen (secondary N) is 1. The number of thiazole rings is 1. The monoisotopic (exact) mass is 505 g/mol. The average Bonchev–Trinajstić information content (AvgIpc) is 3.15. The number of hydrogen-bond donors (Lipinski definition) is 1. The summed E-state index contributed by atoms with van der Waals surface area (Å²) in [4.78, 5) is 21.6. The second kappa shape index (κ2) is 8.91. The fraction of sp³-hybridized carbons (Fsp3) is 0.286. The van der Waals surface area contributed by atoms with Crippen LogP contribution in [0.4, 0.5) is 10.8 Å². The zero-order valence-corrected chi connectivity index (χ0v) is 19.8. The van der Waals surface area contributed by atoms with Crippen LogP contribution < -0.4 is 10.3 Å². The number of hydrogen-bond acceptors (Lipinski definition) is 6. The van der Waals surface area contributed by atoms with Gasteiger partial charge in [0.05, 0.1) is 15.4 Å². The van der Waals surface area contributed by atoms with E-state index in [4.69, 9.17) is 16.6 Å². The van der Waals surface area contributed by atoms with Crippen molar-refractivity contribution >= 4 is 71.5 Å². The highest BCUT2D eigenvalue weighted by atomic mass is 79.9. The number of fused-ring (bicyclic) bond motifs is 1. The van der Waals surface area contributed by atoms with Crippen molar-refractivity contribution in [3.8, 4) is 0 Å². The van der Waals surface area contributed by atoms with Crippen LogP contribution >= 0.6 is 38.9 Å². The van der Waals surface area contributed by atoms with Crippen molar-refractivity contribution in [2.24, 2.45) is 5.10 Å². The maximum absolute atomic E-state index is 12.8. The third-order valence-corrected chi connectivity index (χ3v) is 6.59. The largest absolute Gasteiger partial charge is 0.365 e. The molecule has 3 aromatic rings. The number of nitrogens with zero attached hydrogens (tertiary/aromatic N) is 4. The zero-order chi connectivity index (χ0) is 21.3. The van der Waals surface area contributed by atoms with Gasteiger partial charge in [0.25, 0.3) is 5.91 Å². The highest BCUT2D eigenvalue weighted by Crippen LogP contribution is 2.38. The smallest absolute Gasteiger partial charge is 0.253 e. The first-order valence-corrected chi connectivity index (χ1v) is 11.6. The number of rotatable bonds is 4. The molecule has 1 fully saturated rings. The SMILES string of the molecule is CC(C)=NNc1nc2c(N3CCN(C(=O)c4ccc(Br)cc4)CC3)c(Cl)ccc2s1. The third-order valence-electron chi connectivity index (χ3n) is 4.83. The number of carbonyl (C=O) groups is 1. The molecular formula is C21H21BrClN5OS. The Balaban J connectivity index is 1.52. The van der Waals surface area contributed by atoms with E-state index in [1.54, 1.807) is 11.3 Å². The minimum absolute atomic E-state index is 0.0550. The molecule has 1 aliphatic heterocycles. The van der Waals surface area contributed by atoms with Crippen molar-refractivity contribution < 1.29 is 4.79 Å². The van der Waals surface area contributed by atoms with E-state index in [9.17, 15) is 4.79 Å². The van der Waals surface area contributed by atoms with Crippen LogP contribution in [-0.2, 0) is 0 Å². The molecule has 1 saturated heterocycles. The molecule has 0 bridgehead atoms. The normalized spacial score (nSPS) is 14.1. The van der Waals surface area contributed by atoms with Gasteiger partial charge in [-0.1, -0.05) is 38.9 Å². The standard InChI is InChI=1S/C21H21BrClN5OS/c1-13(2)25-26-21-24-18-17(30-21)8-7-16(23)19(18)27-9-11-28(12-10-27)20(29)14-3-5-15(22)6-4-14/h3-8H,9-12H2,1-2H3,(H,24,26). The van der Waals surface area contributed by atoms with Crippen LogP contribution in [0.3, 0.4) is 0 Å². The summed E-state index contributed by atoms with van der Waals surface area (Å²) in [6.07, 6.45) is 0. The van der Waals surface area contributed by atoms with Crippen LogP contribution in [0.5, 0.6) is 0 Å². The second-order valence-electron chi connectivity index (χ2n) is 7.22. The Hall–Kier alpha value is -2.16. The second-order valence-corrected chi connectivity index (χ2v) is 9.57. The van der Waals surface area contributed by atoms with Gasteiger partial charge in [0.1, 0.15) is 5.52 Å². The van der Waals surface area contributed by atoms with E-state index < -0.39 is 0 Å². The maximum Gasteiger partial charge on any atom is 0.253 e. The van der Waals surface area contributed by atoms with Gasteiger partial charge in [-0.25, -0.2) is 4.98 Å². The molecule has 0 radical (unpaired) electrons. The molecule has 9 heteroatoms. The van der Waals surface area contributed by atoms with Crippen molar-refractivity contribution in [3.63, 3.8) is 0 Å². The predicted molar refractivity (Wildman–Crippen MR) is 129 cm³/mol. The number of hydrazone groups is 1. The van der Waals surface area contributed by atoms with Crippen molar-refractivity contribution in [2.75, 3.05) is 36.5 Å². The molecule has 30 heavy (non-hydrogen) atoms. The Labute approximate surface area is 192 Å². The van der Waals surface area contributed by atoms with E-state index >= 15 is 0 Å². The number of benzene rings is 2. The lowest BCUT2D eigenvalue weighted by molar-refractivity contribution is 0.0747. The van der Waals surface area contributed by atoms with E-state index in [0.717, 1.165) is 31.2 Å². The topological polar surface area (TPSA) is 60.8 Å². The summed E-state index contributed by atoms with van der Waals surface area (Å²) in [5.74, 6) is 0.0550. The number of anilines is 2. The predicted octanol–water partition coefficient (Wildman–Crippen LogP) is 5.48. The molecule has 156 valence electrons. The van der Waals surface area contributed by atoms with Crippen molar-refractivity contribution in [1.82, 2.24) is 9.88 Å². The first kappa shape index (κ1) is 21.1. The Morgan fingerprint density at radius 1 is 1.13 bits per heavy atom. The number of halogens is 2. The summed E-state index contributed by atoms with van der Waals surface area (Å²) >= 11 is 11.5. The fourth-order valence-electron chi connectivity index (χ4n) is 3.37. The van der Waals surface area contributed by atoms with Gasteiger partial charge in [0.2, 0.25) is 5.13 Å². The number of piperazine rings is 1. The molecule has 0 unspecified atom stereocenters. The number of carbonyl (C=O) groups excluding carboxylic acids is 1. The molecule has 0 spiro atoms. The minimum Gasteiger partial charge on any atom is -0.365 e. The Kier molecular flexibility index (Phi) is 6.26. The Morgan fingerprint density at radius 3 is 2.50 bits per heavy atom. The van der Waals surface area contributed by atoms with E-state index in [1.807, 2.05) is 55.1 Å². The molecule has 1 N–H and O–H groups in total. The van der Waals surface area contributed by atoms with Gasteiger partial charge in [-0.15, -0.1) is 0 Å². The molecule has 1 aromatic heterocycles. The molecule has 0 atom stereocenters. The van der Waals surface area contributed by atoms with Gasteiger partial charge >= 0.3 is 0 Å². The summed E-state index contributed by atoms with van der Waals surface area (Å²) in [6, 6.07) is 11.4. The van der Waals surface area contributed by atoms with E-state index in [0.29, 0.717) is 36.8 Å². The summed E-state index contributed by atoms with van der Waals surface area (Å²) in [5.41, 5.74) is 6.43. The summed E-state index contributed by atoms with van der Waals surface area (Å²) in [5, 5.41) is 5.64. The minimum atomic E-state index is 0.0550. The summed E-state index contributed by atoms with van der Waals surface area (Å²) in [6.45, 7) is 6.53. The van der Waals surface area contributed by atoms with Crippen LogP contribution in [-0.4, -0.2) is 47.7 Å². The molecule has 2 heterocycles. The van der Waals surface area contributed by atoms with Gasteiger partial charge < -0.3 is 9.80 Å². The van der Waals surface area contributed by atoms with Gasteiger partial charge in [-0.2, -0.15) is 5.10 Å². The highest BCUT2D eigenvalue weighted by molar-refractivity contribution is 9.10. The van der Waals surface area contributed by atoms with Crippen molar-refractivity contribution in [3.05, 3.63) is 51.5 Å². The lowest BCUT2D eigenvalue weighted by atomic mass is 10.1. The lowest BCUT2D eigenvalue weighted by Gasteiger charge is -2.36. The number of amides is 1. The molecule has 2 aromatic carbocycles. The summed E-state index contributed by atoms with van der Waals surface area (Å²) < 4.78 is 2.01. The first-order chi connectivity index (χ1) is 14.4. The van der Waals surface area contributed by atoms with Gasteiger partial charge in [0, 0.05) is 41.9 Å². The lowest BCUT2D eigenvalue weighted by Crippen LogP contribution is -2.49. The molecule has 0 aliphatic carbocycles. The Bertz CT molecular complexity index is 1100. The van der Waals surface area contributed by atoms with Crippen molar-refractivity contribution in [1.29, 1.82) is 0 Å². The van der Waals surface area contributed by atoms with Gasteiger partial charge in [-0.05, 0) is 50.2 Å². The van der Waals surface area contributed by atoms with Crippen LogP contribution in [0.15, 0.2) is 46.0 Å². The molecule has 1 aliphatic rings. The third kappa shape index (κ3) is 4.45.